The SMILES string of the molecule is COc1cc(CCCOC(=O)C2CCCN2C(=O)C(F)(F)c2cc(OC)c(OC)c(OC)c2)cc(OC)c1OC. The molecule has 0 saturated carbocycles. The lowest BCUT2D eigenvalue weighted by atomic mass is 10.0. The third-order valence-electron chi connectivity index (χ3n) is 6.66. The van der Waals surface area contributed by atoms with E-state index in [9.17, 15) is 9.59 Å². The van der Waals surface area contributed by atoms with E-state index in [1.165, 1.54) is 42.7 Å². The van der Waals surface area contributed by atoms with E-state index in [-0.39, 0.29) is 36.8 Å². The standard InChI is InChI=1S/C28H35F2NO9/c1-34-20-13-17(14-21(35-2)24(20)38-5)9-8-12-40-26(32)19-10-7-11-31(19)27(33)28(29,30)18-15-22(36-3)25(39-6)23(16-18)37-4/h13-16,19H,7-12H2,1-6H3. The number of hydrogen-bond donors (Lipinski definition) is 0. The van der Waals surface area contributed by atoms with Crippen molar-refractivity contribution in [2.75, 3.05) is 55.8 Å². The van der Waals surface area contributed by atoms with Crippen molar-refractivity contribution < 1.29 is 51.5 Å². The first-order valence-corrected chi connectivity index (χ1v) is 12.6. The summed E-state index contributed by atoms with van der Waals surface area (Å²) < 4.78 is 67.8. The number of carbonyl (C=O) groups is 2. The minimum atomic E-state index is -3.96. The Morgan fingerprint density at radius 3 is 1.80 bits per heavy atom. The molecule has 1 amide bonds. The summed E-state index contributed by atoms with van der Waals surface area (Å²) in [5.74, 6) is -4.63. The summed E-state index contributed by atoms with van der Waals surface area (Å²) in [5.41, 5.74) is 0.226. The fourth-order valence-electron chi connectivity index (χ4n) is 4.65. The molecule has 0 bridgehead atoms. The number of hydrogen-bond acceptors (Lipinski definition) is 9. The molecule has 1 heterocycles. The van der Waals surface area contributed by atoms with Crippen LogP contribution in [0, 0.1) is 0 Å². The van der Waals surface area contributed by atoms with Gasteiger partial charge in [-0.1, -0.05) is 0 Å². The average molecular weight is 568 g/mol. The highest BCUT2D eigenvalue weighted by Crippen LogP contribution is 2.44. The molecule has 2 aromatic carbocycles. The summed E-state index contributed by atoms with van der Waals surface area (Å²) in [6.45, 7) is 0.0430. The van der Waals surface area contributed by atoms with Crippen molar-refractivity contribution in [2.45, 2.75) is 37.6 Å². The number of aryl methyl sites for hydroxylation is 1. The lowest BCUT2D eigenvalue weighted by Gasteiger charge is -2.28. The van der Waals surface area contributed by atoms with Gasteiger partial charge in [0, 0.05) is 12.1 Å². The normalized spacial score (nSPS) is 14.9. The van der Waals surface area contributed by atoms with Crippen LogP contribution in [-0.2, 0) is 26.7 Å². The second-order valence-corrected chi connectivity index (χ2v) is 8.95. The first kappa shape index (κ1) is 30.6. The molecule has 10 nitrogen and oxygen atoms in total. The Morgan fingerprint density at radius 1 is 0.825 bits per heavy atom. The molecule has 1 unspecified atom stereocenters. The van der Waals surface area contributed by atoms with Gasteiger partial charge in [0.1, 0.15) is 6.04 Å². The smallest absolute Gasteiger partial charge is 0.350 e. The molecule has 12 heteroatoms. The largest absolute Gasteiger partial charge is 0.493 e. The van der Waals surface area contributed by atoms with Gasteiger partial charge in [-0.05, 0) is 55.5 Å². The topological polar surface area (TPSA) is 102 Å². The molecule has 1 fully saturated rings. The molecule has 0 N–H and O–H groups in total. The lowest BCUT2D eigenvalue weighted by molar-refractivity contribution is -0.166. The van der Waals surface area contributed by atoms with Crippen LogP contribution in [0.1, 0.15) is 30.4 Å². The summed E-state index contributed by atoms with van der Waals surface area (Å²) >= 11 is 0. The van der Waals surface area contributed by atoms with Crippen LogP contribution in [0.25, 0.3) is 0 Å². The molecule has 220 valence electrons. The maximum absolute atomic E-state index is 15.5. The van der Waals surface area contributed by atoms with Crippen LogP contribution in [0.2, 0.25) is 0 Å². The highest BCUT2D eigenvalue weighted by atomic mass is 19.3. The van der Waals surface area contributed by atoms with Gasteiger partial charge in [-0.15, -0.1) is 0 Å². The van der Waals surface area contributed by atoms with Gasteiger partial charge >= 0.3 is 11.9 Å². The number of methoxy groups -OCH3 is 6. The van der Waals surface area contributed by atoms with Gasteiger partial charge in [-0.2, -0.15) is 8.78 Å². The summed E-state index contributed by atoms with van der Waals surface area (Å²) in [6, 6.07) is 4.52. The van der Waals surface area contributed by atoms with E-state index in [2.05, 4.69) is 0 Å². The molecule has 1 aliphatic heterocycles. The molecular weight excluding hydrogens is 532 g/mol. The number of carbonyl (C=O) groups excluding carboxylic acids is 2. The van der Waals surface area contributed by atoms with Crippen LogP contribution in [0.3, 0.4) is 0 Å². The minimum absolute atomic E-state index is 0.00402. The Morgan fingerprint density at radius 2 is 1.32 bits per heavy atom. The number of ether oxygens (including phenoxy) is 7. The highest BCUT2D eigenvalue weighted by molar-refractivity contribution is 5.90. The molecule has 0 aromatic heterocycles. The second kappa shape index (κ2) is 13.4. The van der Waals surface area contributed by atoms with Gasteiger partial charge < -0.3 is 38.1 Å². The number of rotatable bonds is 13. The number of nitrogens with zero attached hydrogens (tertiary/aromatic N) is 1. The number of alkyl halides is 2. The van der Waals surface area contributed by atoms with Crippen molar-refractivity contribution >= 4 is 11.9 Å². The summed E-state index contributed by atoms with van der Waals surface area (Å²) in [5, 5.41) is 0. The Hall–Kier alpha value is -3.96. The van der Waals surface area contributed by atoms with E-state index in [0.717, 1.165) is 22.6 Å². The molecule has 1 atom stereocenters. The van der Waals surface area contributed by atoms with E-state index >= 15 is 8.78 Å². The predicted octanol–water partition coefficient (Wildman–Crippen LogP) is 4.00. The first-order valence-electron chi connectivity index (χ1n) is 12.6. The van der Waals surface area contributed by atoms with Crippen LogP contribution < -0.4 is 28.4 Å². The van der Waals surface area contributed by atoms with Crippen molar-refractivity contribution in [1.82, 2.24) is 4.90 Å². The van der Waals surface area contributed by atoms with E-state index in [4.69, 9.17) is 33.2 Å². The van der Waals surface area contributed by atoms with Crippen LogP contribution in [0.4, 0.5) is 8.78 Å². The van der Waals surface area contributed by atoms with E-state index < -0.39 is 29.4 Å². The zero-order valence-electron chi connectivity index (χ0n) is 23.5. The molecule has 0 aliphatic carbocycles. The molecule has 3 rings (SSSR count). The lowest BCUT2D eigenvalue weighted by Crippen LogP contribution is -2.47. The molecule has 2 aromatic rings. The molecule has 1 aliphatic rings. The van der Waals surface area contributed by atoms with Gasteiger partial charge in [0.15, 0.2) is 23.0 Å². The fourth-order valence-corrected chi connectivity index (χ4v) is 4.65. The summed E-state index contributed by atoms with van der Waals surface area (Å²) in [6.07, 6.45) is 1.59. The van der Waals surface area contributed by atoms with Crippen molar-refractivity contribution in [2.24, 2.45) is 0 Å². The Balaban J connectivity index is 1.66. The van der Waals surface area contributed by atoms with Crippen molar-refractivity contribution in [3.05, 3.63) is 35.4 Å². The van der Waals surface area contributed by atoms with Crippen molar-refractivity contribution in [3.63, 3.8) is 0 Å². The van der Waals surface area contributed by atoms with E-state index in [1.54, 1.807) is 12.1 Å². The fraction of sp³-hybridized carbons (Fsp3) is 0.500. The zero-order valence-corrected chi connectivity index (χ0v) is 23.5. The van der Waals surface area contributed by atoms with E-state index in [0.29, 0.717) is 36.5 Å². The third kappa shape index (κ3) is 6.26. The van der Waals surface area contributed by atoms with Crippen LogP contribution in [-0.4, -0.2) is 78.6 Å². The quantitative estimate of drug-likeness (QED) is 0.263. The van der Waals surface area contributed by atoms with E-state index in [1.807, 2.05) is 0 Å². The number of benzene rings is 2. The first-order chi connectivity index (χ1) is 19.2. The molecule has 0 spiro atoms. The highest BCUT2D eigenvalue weighted by Gasteiger charge is 2.49. The maximum Gasteiger partial charge on any atom is 0.350 e. The Kier molecular flexibility index (Phi) is 10.2. The molecule has 1 saturated heterocycles. The third-order valence-corrected chi connectivity index (χ3v) is 6.66. The van der Waals surface area contributed by atoms with Gasteiger partial charge in [-0.3, -0.25) is 4.79 Å². The van der Waals surface area contributed by atoms with Gasteiger partial charge in [0.05, 0.1) is 49.3 Å². The van der Waals surface area contributed by atoms with Gasteiger partial charge in [-0.25, -0.2) is 4.79 Å². The molecule has 40 heavy (non-hydrogen) atoms. The molecular formula is C28H35F2NO9. The van der Waals surface area contributed by atoms with Gasteiger partial charge in [0.2, 0.25) is 11.5 Å². The maximum atomic E-state index is 15.5. The van der Waals surface area contributed by atoms with Crippen LogP contribution >= 0.6 is 0 Å². The Bertz CT molecular complexity index is 1150. The number of likely N-dealkylation sites (tertiary alicyclic amines) is 1. The number of esters is 1. The molecule has 0 radical (unpaired) electrons. The minimum Gasteiger partial charge on any atom is -0.493 e. The monoisotopic (exact) mass is 567 g/mol. The van der Waals surface area contributed by atoms with Crippen LogP contribution in [0.5, 0.6) is 34.5 Å². The average Bonchev–Trinajstić information content (AvgIpc) is 3.47. The number of halogens is 2. The summed E-state index contributed by atoms with van der Waals surface area (Å²) in [7, 11) is 8.46. The van der Waals surface area contributed by atoms with Crippen molar-refractivity contribution in [3.8, 4) is 34.5 Å². The second-order valence-electron chi connectivity index (χ2n) is 8.95. The predicted molar refractivity (Wildman–Crippen MR) is 140 cm³/mol. The summed E-state index contributed by atoms with van der Waals surface area (Å²) in [4.78, 5) is 26.8. The van der Waals surface area contributed by atoms with Gasteiger partial charge in [0.25, 0.3) is 5.91 Å². The Labute approximate surface area is 232 Å². The zero-order chi connectivity index (χ0) is 29.4. The van der Waals surface area contributed by atoms with Crippen molar-refractivity contribution in [1.29, 1.82) is 0 Å². The number of amides is 1. The van der Waals surface area contributed by atoms with Crippen LogP contribution in [0.15, 0.2) is 24.3 Å².